The minimum atomic E-state index is -4.77. The average Bonchev–Trinajstić information content (AvgIpc) is 2.90. The summed E-state index contributed by atoms with van der Waals surface area (Å²) >= 11 is 0. The largest absolute Gasteiger partial charge is 0.490 e. The Morgan fingerprint density at radius 3 is 2.21 bits per heavy atom. The highest BCUT2D eigenvalue weighted by Gasteiger charge is 2.61. The minimum Gasteiger partial charge on any atom is -0.490 e. The van der Waals surface area contributed by atoms with Crippen LogP contribution in [-0.4, -0.2) is 68.9 Å². The first-order valence-corrected chi connectivity index (χ1v) is 17.7. The third kappa shape index (κ3) is 6.44. The van der Waals surface area contributed by atoms with Crippen molar-refractivity contribution in [2.24, 2.45) is 5.92 Å². The molecule has 1 fully saturated rings. The fourth-order valence-corrected chi connectivity index (χ4v) is 9.55. The zero-order valence-electron chi connectivity index (χ0n) is 22.1. The van der Waals surface area contributed by atoms with Crippen LogP contribution in [0.5, 0.6) is 5.75 Å². The summed E-state index contributed by atoms with van der Waals surface area (Å²) in [5, 5.41) is 0. The number of fused-ring (bicyclic) bond motifs is 3. The topological polar surface area (TPSA) is 130 Å². The normalized spacial score (nSPS) is 23.1. The maximum Gasteiger partial charge on any atom is 0.416 e. The van der Waals surface area contributed by atoms with Gasteiger partial charge in [0.1, 0.15) is 10.6 Å². The number of rotatable bonds is 10. The number of alkyl halides is 3. The first kappa shape index (κ1) is 32.6. The molecule has 42 heavy (non-hydrogen) atoms. The monoisotopic (exact) mass is 662 g/mol. The lowest BCUT2D eigenvalue weighted by atomic mass is 9.75. The van der Waals surface area contributed by atoms with Gasteiger partial charge in [0, 0.05) is 12.5 Å². The summed E-state index contributed by atoms with van der Waals surface area (Å²) < 4.78 is 159. The van der Waals surface area contributed by atoms with Crippen LogP contribution in [-0.2, 0) is 49.6 Å². The zero-order chi connectivity index (χ0) is 31.1. The van der Waals surface area contributed by atoms with Crippen LogP contribution in [0.2, 0.25) is 0 Å². The molecule has 0 amide bonds. The smallest absolute Gasteiger partial charge is 0.416 e. The van der Waals surface area contributed by atoms with E-state index in [1.807, 2.05) is 0 Å². The molecule has 17 heteroatoms. The van der Waals surface area contributed by atoms with Crippen LogP contribution in [0.15, 0.2) is 41.3 Å². The molecule has 9 nitrogen and oxygen atoms in total. The highest BCUT2D eigenvalue weighted by atomic mass is 32.2. The minimum absolute atomic E-state index is 0.141. The van der Waals surface area contributed by atoms with Crippen molar-refractivity contribution in [3.8, 4) is 5.75 Å². The van der Waals surface area contributed by atoms with Crippen molar-refractivity contribution in [2.75, 3.05) is 37.6 Å². The van der Waals surface area contributed by atoms with E-state index in [4.69, 9.17) is 9.47 Å². The van der Waals surface area contributed by atoms with Gasteiger partial charge in [-0.2, -0.15) is 21.6 Å². The molecule has 2 heterocycles. The molecule has 0 radical (unpaired) electrons. The maximum atomic E-state index is 15.4. The molecule has 0 aliphatic carbocycles. The van der Waals surface area contributed by atoms with E-state index in [9.17, 15) is 42.8 Å². The molecule has 0 spiro atoms. The van der Waals surface area contributed by atoms with Crippen LogP contribution in [0.1, 0.15) is 30.4 Å². The molecule has 2 aliphatic rings. The van der Waals surface area contributed by atoms with Gasteiger partial charge in [0.25, 0.3) is 10.1 Å². The van der Waals surface area contributed by atoms with Crippen LogP contribution in [0.4, 0.5) is 22.0 Å². The zero-order valence-corrected chi connectivity index (χ0v) is 24.5. The standard InChI is InChI=1S/C25H27F5O9S3/c1-40(31,32)39-11-2-13-41(33,34)14-9-21-18-15-38-23-20(27)8-7-19(26)22(23)24(18,10-12-37-21)42(35,36)17-5-3-16(4-6-17)25(28,29)30/h3-8,18,21H,2,9-15H2,1H3/t18?,21-,24-/m0/s1. The Hall–Kier alpha value is -2.34. The van der Waals surface area contributed by atoms with Crippen molar-refractivity contribution in [1.29, 1.82) is 0 Å². The van der Waals surface area contributed by atoms with Crippen LogP contribution >= 0.6 is 0 Å². The van der Waals surface area contributed by atoms with Gasteiger partial charge in [-0.3, -0.25) is 4.18 Å². The molecule has 1 saturated heterocycles. The van der Waals surface area contributed by atoms with E-state index in [-0.39, 0.29) is 26.1 Å². The van der Waals surface area contributed by atoms with E-state index >= 15 is 4.39 Å². The molecule has 2 aromatic rings. The van der Waals surface area contributed by atoms with Crippen molar-refractivity contribution < 1.29 is 60.9 Å². The van der Waals surface area contributed by atoms with Gasteiger partial charge in [-0.25, -0.2) is 25.6 Å². The third-order valence-electron chi connectivity index (χ3n) is 7.32. The molecule has 2 aromatic carbocycles. The molecule has 2 aliphatic heterocycles. The second kappa shape index (κ2) is 11.6. The predicted octanol–water partition coefficient (Wildman–Crippen LogP) is 3.62. The van der Waals surface area contributed by atoms with Gasteiger partial charge in [0.2, 0.25) is 0 Å². The Morgan fingerprint density at radius 1 is 0.952 bits per heavy atom. The first-order valence-electron chi connectivity index (χ1n) is 12.6. The second-order valence-electron chi connectivity index (χ2n) is 10.0. The van der Waals surface area contributed by atoms with Crippen LogP contribution < -0.4 is 4.74 Å². The quantitative estimate of drug-likeness (QED) is 0.213. The van der Waals surface area contributed by atoms with E-state index in [1.165, 1.54) is 0 Å². The average molecular weight is 663 g/mol. The number of sulfone groups is 2. The summed E-state index contributed by atoms with van der Waals surface area (Å²) in [5.74, 6) is -5.07. The van der Waals surface area contributed by atoms with Crippen molar-refractivity contribution in [1.82, 2.24) is 0 Å². The predicted molar refractivity (Wildman–Crippen MR) is 139 cm³/mol. The molecule has 0 N–H and O–H groups in total. The molecule has 0 bridgehead atoms. The Balaban J connectivity index is 1.71. The van der Waals surface area contributed by atoms with E-state index in [0.717, 1.165) is 30.5 Å². The van der Waals surface area contributed by atoms with Gasteiger partial charge in [0.05, 0.1) is 53.1 Å². The van der Waals surface area contributed by atoms with Crippen molar-refractivity contribution in [3.63, 3.8) is 0 Å². The molecule has 234 valence electrons. The second-order valence-corrected chi connectivity index (χ2v) is 16.2. The maximum absolute atomic E-state index is 15.4. The molecule has 3 atom stereocenters. The lowest BCUT2D eigenvalue weighted by molar-refractivity contribution is -0.137. The van der Waals surface area contributed by atoms with Crippen LogP contribution in [0.3, 0.4) is 0 Å². The van der Waals surface area contributed by atoms with E-state index in [1.54, 1.807) is 0 Å². The van der Waals surface area contributed by atoms with Crippen LogP contribution in [0.25, 0.3) is 0 Å². The number of ether oxygens (including phenoxy) is 2. The van der Waals surface area contributed by atoms with E-state index in [0.29, 0.717) is 12.1 Å². The van der Waals surface area contributed by atoms with Crippen molar-refractivity contribution >= 4 is 29.8 Å². The summed E-state index contributed by atoms with van der Waals surface area (Å²) in [4.78, 5) is -0.573. The Kier molecular flexibility index (Phi) is 9.02. The fourth-order valence-electron chi connectivity index (χ4n) is 5.43. The van der Waals surface area contributed by atoms with Crippen LogP contribution in [0, 0.1) is 17.6 Å². The summed E-state index contributed by atoms with van der Waals surface area (Å²) in [7, 11) is -12.4. The van der Waals surface area contributed by atoms with Crippen molar-refractivity contribution in [3.05, 3.63) is 59.2 Å². The fraction of sp³-hybridized carbons (Fsp3) is 0.520. The van der Waals surface area contributed by atoms with Gasteiger partial charge in [-0.15, -0.1) is 0 Å². The molecule has 1 unspecified atom stereocenters. The van der Waals surface area contributed by atoms with Gasteiger partial charge in [0.15, 0.2) is 31.2 Å². The SMILES string of the molecule is CS(=O)(=O)OCCCS(=O)(=O)CC[C@@H]1OCC[C@@]2(S(=O)(=O)c3ccc(C(F)(F)F)cc3)c3c(F)ccc(F)c3OCC12. The number of halogens is 5. The summed E-state index contributed by atoms with van der Waals surface area (Å²) in [6.07, 6.45) is -5.93. The van der Waals surface area contributed by atoms with Gasteiger partial charge in [-0.1, -0.05) is 0 Å². The lowest BCUT2D eigenvalue weighted by Gasteiger charge is -2.50. The lowest BCUT2D eigenvalue weighted by Crippen LogP contribution is -2.57. The number of benzene rings is 2. The van der Waals surface area contributed by atoms with Crippen molar-refractivity contribution in [2.45, 2.75) is 41.2 Å². The number of hydrogen-bond acceptors (Lipinski definition) is 9. The van der Waals surface area contributed by atoms with Gasteiger partial charge in [-0.05, 0) is 55.7 Å². The Bertz CT molecular complexity index is 1640. The molecule has 4 rings (SSSR count). The first-order chi connectivity index (χ1) is 19.4. The molecule has 0 saturated carbocycles. The Labute approximate surface area is 239 Å². The highest BCUT2D eigenvalue weighted by molar-refractivity contribution is 7.92. The molecular formula is C25H27F5O9S3. The number of hydrogen-bond donors (Lipinski definition) is 0. The third-order valence-corrected chi connectivity index (χ3v) is 12.3. The van der Waals surface area contributed by atoms with Gasteiger partial charge >= 0.3 is 6.18 Å². The van der Waals surface area contributed by atoms with E-state index < -0.39 is 111 Å². The van der Waals surface area contributed by atoms with E-state index in [2.05, 4.69) is 4.18 Å². The Morgan fingerprint density at radius 2 is 1.60 bits per heavy atom. The summed E-state index contributed by atoms with van der Waals surface area (Å²) in [5.41, 5.74) is -1.75. The molecule has 0 aromatic heterocycles. The molecular weight excluding hydrogens is 635 g/mol. The summed E-state index contributed by atoms with van der Waals surface area (Å²) in [6.45, 7) is -1.20. The van der Waals surface area contributed by atoms with Gasteiger partial charge < -0.3 is 9.47 Å². The highest BCUT2D eigenvalue weighted by Crippen LogP contribution is 2.56. The summed E-state index contributed by atoms with van der Waals surface area (Å²) in [6, 6.07) is 4.09.